The standard InChI is InChI=1S/C17H18ClN5/c1-17(2,19-12-13-6-4-3-5-7-13)16-20-21-22-23(16)15-10-8-14(18)9-11-15/h3-11,19H,12H2,1-2H3. The van der Waals surface area contributed by atoms with E-state index in [9.17, 15) is 0 Å². The fourth-order valence-electron chi connectivity index (χ4n) is 2.33. The molecule has 3 aromatic rings. The lowest BCUT2D eigenvalue weighted by molar-refractivity contribution is 0.370. The maximum absolute atomic E-state index is 5.95. The molecule has 0 spiro atoms. The van der Waals surface area contributed by atoms with Crippen molar-refractivity contribution in [1.29, 1.82) is 0 Å². The van der Waals surface area contributed by atoms with Gasteiger partial charge in [-0.1, -0.05) is 41.9 Å². The molecule has 1 heterocycles. The molecule has 1 aromatic heterocycles. The van der Waals surface area contributed by atoms with E-state index in [2.05, 4.69) is 46.8 Å². The molecular formula is C17H18ClN5. The molecule has 0 saturated heterocycles. The van der Waals surface area contributed by atoms with Crippen LogP contribution in [-0.2, 0) is 12.1 Å². The second-order valence-corrected chi connectivity index (χ2v) is 6.29. The number of rotatable bonds is 5. The summed E-state index contributed by atoms with van der Waals surface area (Å²) in [5.74, 6) is 0.746. The molecule has 3 rings (SSSR count). The number of hydrogen-bond acceptors (Lipinski definition) is 4. The van der Waals surface area contributed by atoms with E-state index < -0.39 is 0 Å². The van der Waals surface area contributed by atoms with Crippen LogP contribution in [0.15, 0.2) is 54.6 Å². The summed E-state index contributed by atoms with van der Waals surface area (Å²) in [6.45, 7) is 4.86. The first-order chi connectivity index (χ1) is 11.1. The van der Waals surface area contributed by atoms with Gasteiger partial charge in [-0.25, -0.2) is 0 Å². The molecule has 0 amide bonds. The summed E-state index contributed by atoms with van der Waals surface area (Å²) in [5, 5.41) is 16.3. The molecule has 0 atom stereocenters. The van der Waals surface area contributed by atoms with E-state index in [0.717, 1.165) is 18.1 Å². The van der Waals surface area contributed by atoms with Crippen molar-refractivity contribution in [2.45, 2.75) is 25.9 Å². The van der Waals surface area contributed by atoms with Crippen LogP contribution < -0.4 is 5.32 Å². The predicted octanol–water partition coefficient (Wildman–Crippen LogP) is 3.34. The Hall–Kier alpha value is -2.24. The van der Waals surface area contributed by atoms with Crippen LogP contribution in [0.5, 0.6) is 0 Å². The van der Waals surface area contributed by atoms with Gasteiger partial charge in [0.15, 0.2) is 5.82 Å². The molecule has 0 aliphatic carbocycles. The van der Waals surface area contributed by atoms with Crippen molar-refractivity contribution in [2.75, 3.05) is 0 Å². The van der Waals surface area contributed by atoms with Crippen LogP contribution in [-0.4, -0.2) is 20.2 Å². The number of nitrogens with zero attached hydrogens (tertiary/aromatic N) is 4. The van der Waals surface area contributed by atoms with Gasteiger partial charge in [0.1, 0.15) is 0 Å². The lowest BCUT2D eigenvalue weighted by atomic mass is 10.0. The van der Waals surface area contributed by atoms with Crippen LogP contribution in [0.2, 0.25) is 5.02 Å². The average Bonchev–Trinajstić information content (AvgIpc) is 3.05. The first kappa shape index (κ1) is 15.6. The fourth-order valence-corrected chi connectivity index (χ4v) is 2.46. The molecule has 5 nitrogen and oxygen atoms in total. The number of halogens is 1. The number of nitrogens with one attached hydrogen (secondary N) is 1. The van der Waals surface area contributed by atoms with Crippen molar-refractivity contribution in [2.24, 2.45) is 0 Å². The van der Waals surface area contributed by atoms with Crippen molar-refractivity contribution < 1.29 is 0 Å². The van der Waals surface area contributed by atoms with Gasteiger partial charge in [0.05, 0.1) is 11.2 Å². The zero-order valence-corrected chi connectivity index (χ0v) is 13.8. The quantitative estimate of drug-likeness (QED) is 0.781. The Labute approximate surface area is 140 Å². The van der Waals surface area contributed by atoms with E-state index in [1.165, 1.54) is 5.56 Å². The summed E-state index contributed by atoms with van der Waals surface area (Å²) in [5.41, 5.74) is 1.70. The van der Waals surface area contributed by atoms with E-state index in [-0.39, 0.29) is 5.54 Å². The maximum atomic E-state index is 5.95. The minimum Gasteiger partial charge on any atom is -0.301 e. The molecule has 0 fully saturated rings. The summed E-state index contributed by atoms with van der Waals surface area (Å²) >= 11 is 5.95. The topological polar surface area (TPSA) is 55.6 Å². The highest BCUT2D eigenvalue weighted by molar-refractivity contribution is 6.30. The van der Waals surface area contributed by atoms with E-state index in [4.69, 9.17) is 11.6 Å². The Morgan fingerprint density at radius 2 is 1.74 bits per heavy atom. The molecule has 0 radical (unpaired) electrons. The Balaban J connectivity index is 1.83. The van der Waals surface area contributed by atoms with E-state index in [0.29, 0.717) is 5.02 Å². The monoisotopic (exact) mass is 327 g/mol. The summed E-state index contributed by atoms with van der Waals surface area (Å²) in [4.78, 5) is 0. The Bertz CT molecular complexity index is 765. The molecule has 0 aliphatic heterocycles. The molecule has 0 saturated carbocycles. The SMILES string of the molecule is CC(C)(NCc1ccccc1)c1nnnn1-c1ccc(Cl)cc1. The molecule has 23 heavy (non-hydrogen) atoms. The fraction of sp³-hybridized carbons (Fsp3) is 0.235. The van der Waals surface area contributed by atoms with Gasteiger partial charge in [0.25, 0.3) is 0 Å². The minimum atomic E-state index is -0.390. The van der Waals surface area contributed by atoms with Crippen LogP contribution in [0.4, 0.5) is 0 Å². The summed E-state index contributed by atoms with van der Waals surface area (Å²) < 4.78 is 1.73. The maximum Gasteiger partial charge on any atom is 0.176 e. The van der Waals surface area contributed by atoms with Crippen molar-refractivity contribution in [3.05, 3.63) is 71.0 Å². The van der Waals surface area contributed by atoms with Gasteiger partial charge in [0, 0.05) is 11.6 Å². The Morgan fingerprint density at radius 3 is 2.43 bits per heavy atom. The van der Waals surface area contributed by atoms with Crippen molar-refractivity contribution in [1.82, 2.24) is 25.5 Å². The van der Waals surface area contributed by atoms with Gasteiger partial charge >= 0.3 is 0 Å². The number of aromatic nitrogens is 4. The highest BCUT2D eigenvalue weighted by Crippen LogP contribution is 2.21. The van der Waals surface area contributed by atoms with Crippen molar-refractivity contribution in [3.8, 4) is 5.69 Å². The summed E-state index contributed by atoms with van der Waals surface area (Å²) in [6, 6.07) is 17.7. The molecule has 2 aromatic carbocycles. The smallest absolute Gasteiger partial charge is 0.176 e. The molecule has 0 aliphatic rings. The first-order valence-corrected chi connectivity index (χ1v) is 7.78. The highest BCUT2D eigenvalue weighted by atomic mass is 35.5. The van der Waals surface area contributed by atoms with Crippen LogP contribution in [0.25, 0.3) is 5.69 Å². The third kappa shape index (κ3) is 3.57. The molecular weight excluding hydrogens is 310 g/mol. The van der Waals surface area contributed by atoms with Gasteiger partial charge < -0.3 is 5.32 Å². The van der Waals surface area contributed by atoms with E-state index in [1.807, 2.05) is 42.5 Å². The lowest BCUT2D eigenvalue weighted by Gasteiger charge is -2.25. The zero-order valence-electron chi connectivity index (χ0n) is 13.1. The van der Waals surface area contributed by atoms with Gasteiger partial charge in [-0.15, -0.1) is 5.10 Å². The van der Waals surface area contributed by atoms with E-state index in [1.54, 1.807) is 4.68 Å². The first-order valence-electron chi connectivity index (χ1n) is 7.40. The second kappa shape index (κ2) is 6.48. The van der Waals surface area contributed by atoms with Crippen LogP contribution in [0.3, 0.4) is 0 Å². The molecule has 0 unspecified atom stereocenters. The van der Waals surface area contributed by atoms with Gasteiger partial charge in [0.2, 0.25) is 0 Å². The van der Waals surface area contributed by atoms with Gasteiger partial charge in [-0.05, 0) is 54.1 Å². The second-order valence-electron chi connectivity index (χ2n) is 5.85. The Kier molecular flexibility index (Phi) is 4.41. The van der Waals surface area contributed by atoms with E-state index >= 15 is 0 Å². The third-order valence-electron chi connectivity index (χ3n) is 3.68. The zero-order chi connectivity index (χ0) is 16.3. The molecule has 6 heteroatoms. The van der Waals surface area contributed by atoms with Crippen LogP contribution in [0.1, 0.15) is 25.2 Å². The van der Waals surface area contributed by atoms with Gasteiger partial charge in [-0.2, -0.15) is 4.68 Å². The normalized spacial score (nSPS) is 11.6. The average molecular weight is 328 g/mol. The summed E-state index contributed by atoms with van der Waals surface area (Å²) in [7, 11) is 0. The number of benzene rings is 2. The third-order valence-corrected chi connectivity index (χ3v) is 3.93. The van der Waals surface area contributed by atoms with Crippen LogP contribution >= 0.6 is 11.6 Å². The lowest BCUT2D eigenvalue weighted by Crippen LogP contribution is -2.38. The molecule has 1 N–H and O–H groups in total. The largest absolute Gasteiger partial charge is 0.301 e. The van der Waals surface area contributed by atoms with Crippen LogP contribution in [0, 0.1) is 0 Å². The van der Waals surface area contributed by atoms with Crippen molar-refractivity contribution >= 4 is 11.6 Å². The highest BCUT2D eigenvalue weighted by Gasteiger charge is 2.27. The Morgan fingerprint density at radius 1 is 1.04 bits per heavy atom. The molecule has 118 valence electrons. The van der Waals surface area contributed by atoms with Gasteiger partial charge in [-0.3, -0.25) is 0 Å². The number of tetrazole rings is 1. The van der Waals surface area contributed by atoms with Crippen molar-refractivity contribution in [3.63, 3.8) is 0 Å². The predicted molar refractivity (Wildman–Crippen MR) is 90.5 cm³/mol. The number of hydrogen-bond donors (Lipinski definition) is 1. The molecule has 0 bridgehead atoms. The summed E-state index contributed by atoms with van der Waals surface area (Å²) in [6.07, 6.45) is 0. The minimum absolute atomic E-state index is 0.390.